The monoisotopic (exact) mass is 354 g/mol. The summed E-state index contributed by atoms with van der Waals surface area (Å²) in [4.78, 5) is 13.8. The first-order valence-corrected chi connectivity index (χ1v) is 9.98. The van der Waals surface area contributed by atoms with Gasteiger partial charge in [0.1, 0.15) is 5.66 Å². The van der Waals surface area contributed by atoms with Gasteiger partial charge in [0.15, 0.2) is 0 Å². The van der Waals surface area contributed by atoms with Gasteiger partial charge < -0.3 is 11.5 Å². The number of benzene rings is 1. The van der Waals surface area contributed by atoms with Crippen molar-refractivity contribution in [3.8, 4) is 0 Å². The van der Waals surface area contributed by atoms with E-state index in [0.29, 0.717) is 11.9 Å². The van der Waals surface area contributed by atoms with Crippen LogP contribution >= 0.6 is 0 Å². The fourth-order valence-corrected chi connectivity index (χ4v) is 4.69. The minimum absolute atomic E-state index is 0.314. The van der Waals surface area contributed by atoms with Crippen LogP contribution in [-0.2, 0) is 6.54 Å². The highest BCUT2D eigenvalue weighted by molar-refractivity contribution is 6.06. The van der Waals surface area contributed by atoms with Crippen molar-refractivity contribution in [1.82, 2.24) is 4.90 Å². The smallest absolute Gasteiger partial charge is 0.220 e. The first-order valence-electron chi connectivity index (χ1n) is 9.98. The van der Waals surface area contributed by atoms with E-state index in [1.165, 1.54) is 44.3 Å². The first-order chi connectivity index (χ1) is 12.7. The molecular weight excluding hydrogens is 324 g/mol. The van der Waals surface area contributed by atoms with E-state index in [1.54, 1.807) is 0 Å². The van der Waals surface area contributed by atoms with Gasteiger partial charge in [-0.2, -0.15) is 4.99 Å². The Balaban J connectivity index is 1.69. The summed E-state index contributed by atoms with van der Waals surface area (Å²) in [6, 6.07) is 8.58. The van der Waals surface area contributed by atoms with Gasteiger partial charge in [-0.25, -0.2) is 4.99 Å². The van der Waals surface area contributed by atoms with Gasteiger partial charge in [0.2, 0.25) is 11.9 Å². The highest BCUT2D eigenvalue weighted by Gasteiger charge is 2.43. The Hall–Kier alpha value is -2.08. The number of hydrogen-bond acceptors (Lipinski definition) is 6. The third kappa shape index (κ3) is 3.30. The second kappa shape index (κ2) is 7.27. The van der Waals surface area contributed by atoms with Crippen LogP contribution in [0.5, 0.6) is 0 Å². The van der Waals surface area contributed by atoms with Crippen LogP contribution in [0, 0.1) is 0 Å². The standard InChI is InChI=1S/C20H30N6/c21-18-23-19(22)26(20(24-18)11-5-1-6-12-20)17-10-4-3-9-16(17)15-25-13-7-2-8-14-25/h3-4,9-10H,1-2,5-8,11-15H2,(H4,21,22,23,24). The maximum Gasteiger partial charge on any atom is 0.220 e. The van der Waals surface area contributed by atoms with Gasteiger partial charge in [-0.1, -0.05) is 31.0 Å². The number of anilines is 1. The van der Waals surface area contributed by atoms with Crippen molar-refractivity contribution in [2.24, 2.45) is 21.5 Å². The topological polar surface area (TPSA) is 83.2 Å². The van der Waals surface area contributed by atoms with Gasteiger partial charge in [0.05, 0.1) is 5.69 Å². The molecule has 6 heteroatoms. The molecule has 1 aromatic rings. The zero-order chi connectivity index (χ0) is 18.0. The Kier molecular flexibility index (Phi) is 4.85. The van der Waals surface area contributed by atoms with E-state index in [1.807, 2.05) is 0 Å². The number of para-hydroxylation sites is 1. The maximum atomic E-state index is 6.41. The quantitative estimate of drug-likeness (QED) is 0.874. The Morgan fingerprint density at radius 1 is 0.923 bits per heavy atom. The molecule has 140 valence electrons. The van der Waals surface area contributed by atoms with Crippen molar-refractivity contribution in [3.05, 3.63) is 29.8 Å². The molecular formula is C20H30N6. The summed E-state index contributed by atoms with van der Waals surface area (Å²) in [5, 5.41) is 0. The van der Waals surface area contributed by atoms with Crippen LogP contribution in [0.25, 0.3) is 0 Å². The Morgan fingerprint density at radius 3 is 2.38 bits per heavy atom. The maximum absolute atomic E-state index is 6.41. The van der Waals surface area contributed by atoms with Crippen LogP contribution in [0.4, 0.5) is 5.69 Å². The van der Waals surface area contributed by atoms with Gasteiger partial charge in [-0.3, -0.25) is 9.80 Å². The van der Waals surface area contributed by atoms with E-state index < -0.39 is 0 Å². The molecule has 1 saturated carbocycles. The van der Waals surface area contributed by atoms with Gasteiger partial charge in [0.25, 0.3) is 0 Å². The zero-order valence-electron chi connectivity index (χ0n) is 15.5. The van der Waals surface area contributed by atoms with E-state index in [0.717, 1.165) is 37.9 Å². The fourth-order valence-electron chi connectivity index (χ4n) is 4.69. The third-order valence-corrected chi connectivity index (χ3v) is 5.93. The number of likely N-dealkylation sites (tertiary alicyclic amines) is 1. The minimum Gasteiger partial charge on any atom is -0.369 e. The van der Waals surface area contributed by atoms with E-state index in [-0.39, 0.29) is 5.66 Å². The van der Waals surface area contributed by atoms with Crippen molar-refractivity contribution in [2.45, 2.75) is 63.6 Å². The predicted molar refractivity (Wildman–Crippen MR) is 107 cm³/mol. The summed E-state index contributed by atoms with van der Waals surface area (Å²) in [7, 11) is 0. The molecule has 1 aromatic carbocycles. The molecule has 4 rings (SSSR count). The number of piperidine rings is 1. The average molecular weight is 355 g/mol. The number of nitrogens with zero attached hydrogens (tertiary/aromatic N) is 4. The lowest BCUT2D eigenvalue weighted by Gasteiger charge is -2.46. The molecule has 0 unspecified atom stereocenters. The number of guanidine groups is 2. The Morgan fingerprint density at radius 2 is 1.62 bits per heavy atom. The molecule has 1 aliphatic carbocycles. The fraction of sp³-hybridized carbons (Fsp3) is 0.600. The summed E-state index contributed by atoms with van der Waals surface area (Å²) in [5.41, 5.74) is 14.5. The summed E-state index contributed by atoms with van der Waals surface area (Å²) in [5.74, 6) is 0.791. The van der Waals surface area contributed by atoms with E-state index in [2.05, 4.69) is 39.1 Å². The number of hydrogen-bond donors (Lipinski definition) is 2. The zero-order valence-corrected chi connectivity index (χ0v) is 15.5. The number of nitrogens with two attached hydrogens (primary N) is 2. The van der Waals surface area contributed by atoms with Crippen molar-refractivity contribution in [1.29, 1.82) is 0 Å². The van der Waals surface area contributed by atoms with Crippen molar-refractivity contribution in [2.75, 3.05) is 18.0 Å². The SMILES string of the molecule is NC1=NC2(CCCCC2)N(c2ccccc2CN2CCCCC2)C(N)=N1. The van der Waals surface area contributed by atoms with Gasteiger partial charge in [-0.05, 0) is 63.2 Å². The Labute approximate surface area is 156 Å². The molecule has 2 fully saturated rings. The van der Waals surface area contributed by atoms with Crippen molar-refractivity contribution >= 4 is 17.6 Å². The molecule has 2 aliphatic heterocycles. The number of aliphatic imine (C=N–C) groups is 2. The molecule has 0 aromatic heterocycles. The highest BCUT2D eigenvalue weighted by atomic mass is 15.4. The summed E-state index contributed by atoms with van der Waals surface area (Å²) >= 11 is 0. The van der Waals surface area contributed by atoms with Crippen LogP contribution in [0.3, 0.4) is 0 Å². The lowest BCUT2D eigenvalue weighted by Crippen LogP contribution is -2.58. The van der Waals surface area contributed by atoms with Crippen LogP contribution in [0.1, 0.15) is 56.9 Å². The first kappa shape index (κ1) is 17.3. The third-order valence-electron chi connectivity index (χ3n) is 5.93. The van der Waals surface area contributed by atoms with Crippen LogP contribution in [0.15, 0.2) is 34.3 Å². The molecule has 0 radical (unpaired) electrons. The second-order valence-electron chi connectivity index (χ2n) is 7.78. The molecule has 26 heavy (non-hydrogen) atoms. The van der Waals surface area contributed by atoms with E-state index >= 15 is 0 Å². The van der Waals surface area contributed by atoms with Gasteiger partial charge >= 0.3 is 0 Å². The van der Waals surface area contributed by atoms with Gasteiger partial charge in [0, 0.05) is 6.54 Å². The molecule has 0 atom stereocenters. The van der Waals surface area contributed by atoms with Crippen LogP contribution in [0.2, 0.25) is 0 Å². The highest BCUT2D eigenvalue weighted by Crippen LogP contribution is 2.40. The molecule has 1 spiro atoms. The normalized spacial score (nSPS) is 23.6. The molecule has 4 N–H and O–H groups in total. The average Bonchev–Trinajstić information content (AvgIpc) is 2.64. The molecule has 6 nitrogen and oxygen atoms in total. The predicted octanol–water partition coefficient (Wildman–Crippen LogP) is 2.78. The minimum atomic E-state index is -0.369. The molecule has 1 saturated heterocycles. The lowest BCUT2D eigenvalue weighted by molar-refractivity contribution is 0.220. The molecule has 0 amide bonds. The van der Waals surface area contributed by atoms with Crippen molar-refractivity contribution in [3.63, 3.8) is 0 Å². The van der Waals surface area contributed by atoms with Gasteiger partial charge in [-0.15, -0.1) is 0 Å². The lowest BCUT2D eigenvalue weighted by atomic mass is 9.87. The number of rotatable bonds is 3. The van der Waals surface area contributed by atoms with Crippen molar-refractivity contribution < 1.29 is 0 Å². The molecule has 3 aliphatic rings. The summed E-state index contributed by atoms with van der Waals surface area (Å²) in [6.07, 6.45) is 9.42. The molecule has 2 heterocycles. The van der Waals surface area contributed by atoms with Crippen LogP contribution < -0.4 is 16.4 Å². The second-order valence-corrected chi connectivity index (χ2v) is 7.78. The summed E-state index contributed by atoms with van der Waals surface area (Å²) in [6.45, 7) is 3.30. The summed E-state index contributed by atoms with van der Waals surface area (Å²) < 4.78 is 0. The van der Waals surface area contributed by atoms with E-state index in [9.17, 15) is 0 Å². The van der Waals surface area contributed by atoms with Crippen LogP contribution in [-0.4, -0.2) is 35.6 Å². The van der Waals surface area contributed by atoms with E-state index in [4.69, 9.17) is 16.5 Å². The largest absolute Gasteiger partial charge is 0.369 e. The molecule has 0 bridgehead atoms. The Bertz CT molecular complexity index is 698.